The minimum Gasteiger partial charge on any atom is -0.486 e. The van der Waals surface area contributed by atoms with Crippen LogP contribution in [0.15, 0.2) is 36.7 Å². The third kappa shape index (κ3) is 3.21. The quantitative estimate of drug-likeness (QED) is 0.924. The molecular formula is C17H19N3O4. The maximum atomic E-state index is 12.1. The van der Waals surface area contributed by atoms with Crippen LogP contribution in [0.3, 0.4) is 0 Å². The van der Waals surface area contributed by atoms with Gasteiger partial charge in [0.25, 0.3) is 0 Å². The number of fused-ring (bicyclic) bond motifs is 1. The summed E-state index contributed by atoms with van der Waals surface area (Å²) in [5.74, 6) is 1.43. The Morgan fingerprint density at radius 3 is 3.00 bits per heavy atom. The van der Waals surface area contributed by atoms with Crippen molar-refractivity contribution in [2.75, 3.05) is 25.1 Å². The van der Waals surface area contributed by atoms with Crippen molar-refractivity contribution >= 4 is 11.6 Å². The van der Waals surface area contributed by atoms with E-state index >= 15 is 0 Å². The van der Waals surface area contributed by atoms with Crippen LogP contribution in [0.1, 0.15) is 6.42 Å². The summed E-state index contributed by atoms with van der Waals surface area (Å²) in [6.07, 6.45) is 4.10. The molecule has 1 aromatic carbocycles. The molecule has 1 amide bonds. The van der Waals surface area contributed by atoms with Crippen molar-refractivity contribution in [3.05, 3.63) is 36.7 Å². The molecule has 0 saturated carbocycles. The van der Waals surface area contributed by atoms with E-state index in [1.807, 2.05) is 24.3 Å². The van der Waals surface area contributed by atoms with Gasteiger partial charge >= 0.3 is 0 Å². The van der Waals surface area contributed by atoms with Crippen LogP contribution < -0.4 is 14.8 Å². The molecule has 2 aliphatic rings. The summed E-state index contributed by atoms with van der Waals surface area (Å²) in [5, 5.41) is 7.16. The fourth-order valence-corrected chi connectivity index (χ4v) is 2.88. The highest BCUT2D eigenvalue weighted by Crippen LogP contribution is 2.31. The molecule has 1 fully saturated rings. The number of para-hydroxylation sites is 2. The van der Waals surface area contributed by atoms with Gasteiger partial charge in [0.2, 0.25) is 5.91 Å². The first-order valence-electron chi connectivity index (χ1n) is 8.07. The molecule has 1 saturated heterocycles. The number of nitrogens with zero attached hydrogens (tertiary/aromatic N) is 2. The summed E-state index contributed by atoms with van der Waals surface area (Å²) in [6, 6.07) is 7.61. The molecule has 2 aromatic rings. The van der Waals surface area contributed by atoms with Gasteiger partial charge in [0.05, 0.1) is 31.0 Å². The summed E-state index contributed by atoms with van der Waals surface area (Å²) >= 11 is 0. The van der Waals surface area contributed by atoms with Crippen LogP contribution in [0.4, 0.5) is 5.69 Å². The van der Waals surface area contributed by atoms with E-state index in [1.165, 1.54) is 0 Å². The first kappa shape index (κ1) is 15.0. The number of carbonyl (C=O) groups excluding carboxylic acids is 1. The molecule has 0 radical (unpaired) electrons. The van der Waals surface area contributed by atoms with Crippen molar-refractivity contribution in [2.45, 2.75) is 19.1 Å². The minimum atomic E-state index is -0.119. The smallest absolute Gasteiger partial charge is 0.229 e. The van der Waals surface area contributed by atoms with Gasteiger partial charge < -0.3 is 19.5 Å². The number of amides is 1. The van der Waals surface area contributed by atoms with E-state index in [0.29, 0.717) is 32.1 Å². The summed E-state index contributed by atoms with van der Waals surface area (Å²) < 4.78 is 18.6. The standard InChI is InChI=1S/C17H19N3O4/c21-17(12-5-6-22-10-12)19-13-7-18-20(8-13)9-14-11-23-15-3-1-2-4-16(15)24-14/h1-4,7-8,12,14H,5-6,9-11H2,(H,19,21)/t12-,14+/m0/s1. The Morgan fingerprint density at radius 2 is 2.17 bits per heavy atom. The fraction of sp³-hybridized carbons (Fsp3) is 0.412. The van der Waals surface area contributed by atoms with Gasteiger partial charge in [-0.2, -0.15) is 5.10 Å². The topological polar surface area (TPSA) is 74.6 Å². The molecule has 24 heavy (non-hydrogen) atoms. The van der Waals surface area contributed by atoms with Crippen molar-refractivity contribution in [1.29, 1.82) is 0 Å². The summed E-state index contributed by atoms with van der Waals surface area (Å²) in [7, 11) is 0. The fourth-order valence-electron chi connectivity index (χ4n) is 2.88. The highest BCUT2D eigenvalue weighted by molar-refractivity contribution is 5.92. The Morgan fingerprint density at radius 1 is 1.29 bits per heavy atom. The highest BCUT2D eigenvalue weighted by Gasteiger charge is 2.24. The first-order chi connectivity index (χ1) is 11.8. The van der Waals surface area contributed by atoms with Gasteiger partial charge in [-0.25, -0.2) is 0 Å². The van der Waals surface area contributed by atoms with Crippen molar-refractivity contribution in [3.8, 4) is 11.5 Å². The maximum Gasteiger partial charge on any atom is 0.229 e. The minimum absolute atomic E-state index is 0.0155. The second-order valence-electron chi connectivity index (χ2n) is 6.00. The Labute approximate surface area is 139 Å². The van der Waals surface area contributed by atoms with Crippen molar-refractivity contribution in [3.63, 3.8) is 0 Å². The molecule has 4 rings (SSSR count). The lowest BCUT2D eigenvalue weighted by Gasteiger charge is -2.26. The summed E-state index contributed by atoms with van der Waals surface area (Å²) in [6.45, 7) is 2.17. The molecule has 0 spiro atoms. The number of rotatable bonds is 4. The number of hydrogen-bond donors (Lipinski definition) is 1. The van der Waals surface area contributed by atoms with Crippen LogP contribution in [-0.2, 0) is 16.1 Å². The van der Waals surface area contributed by atoms with E-state index in [1.54, 1.807) is 17.1 Å². The lowest BCUT2D eigenvalue weighted by Crippen LogP contribution is -2.33. The Hall–Kier alpha value is -2.54. The molecule has 7 heteroatoms. The predicted molar refractivity (Wildman–Crippen MR) is 86.1 cm³/mol. The molecule has 1 aromatic heterocycles. The molecule has 0 unspecified atom stereocenters. The van der Waals surface area contributed by atoms with Crippen LogP contribution in [0.2, 0.25) is 0 Å². The molecule has 0 bridgehead atoms. The Kier molecular flexibility index (Phi) is 4.08. The molecule has 3 heterocycles. The molecular weight excluding hydrogens is 310 g/mol. The number of hydrogen-bond acceptors (Lipinski definition) is 5. The van der Waals surface area contributed by atoms with Gasteiger partial charge in [-0.15, -0.1) is 0 Å². The maximum absolute atomic E-state index is 12.1. The monoisotopic (exact) mass is 329 g/mol. The van der Waals surface area contributed by atoms with E-state index in [2.05, 4.69) is 10.4 Å². The van der Waals surface area contributed by atoms with E-state index < -0.39 is 0 Å². The third-order valence-corrected chi connectivity index (χ3v) is 4.16. The molecule has 1 N–H and O–H groups in total. The molecule has 126 valence electrons. The number of aromatic nitrogens is 2. The van der Waals surface area contributed by atoms with Gasteiger partial charge in [0.15, 0.2) is 17.6 Å². The van der Waals surface area contributed by atoms with Gasteiger partial charge in [-0.3, -0.25) is 9.48 Å². The Balaban J connectivity index is 1.35. The average Bonchev–Trinajstić information content (AvgIpc) is 3.27. The second kappa shape index (κ2) is 6.52. The van der Waals surface area contributed by atoms with Crippen LogP contribution in [0, 0.1) is 5.92 Å². The normalized spacial score (nSPS) is 22.3. The SMILES string of the molecule is O=C(Nc1cnn(C[C@@H]2COc3ccccc3O2)c1)[C@H]1CCOC1. The predicted octanol–water partition coefficient (Wildman–Crippen LogP) is 1.70. The number of nitrogens with one attached hydrogen (secondary N) is 1. The zero-order chi connectivity index (χ0) is 16.4. The summed E-state index contributed by atoms with van der Waals surface area (Å²) in [4.78, 5) is 12.1. The summed E-state index contributed by atoms with van der Waals surface area (Å²) in [5.41, 5.74) is 0.684. The first-order valence-corrected chi connectivity index (χ1v) is 8.07. The van der Waals surface area contributed by atoms with Crippen molar-refractivity contribution < 1.29 is 19.0 Å². The van der Waals surface area contributed by atoms with Crippen molar-refractivity contribution in [1.82, 2.24) is 9.78 Å². The van der Waals surface area contributed by atoms with Crippen molar-refractivity contribution in [2.24, 2.45) is 5.92 Å². The van der Waals surface area contributed by atoms with Crippen LogP contribution in [0.25, 0.3) is 0 Å². The lowest BCUT2D eigenvalue weighted by atomic mass is 10.1. The number of anilines is 1. The molecule has 7 nitrogen and oxygen atoms in total. The lowest BCUT2D eigenvalue weighted by molar-refractivity contribution is -0.119. The van der Waals surface area contributed by atoms with E-state index in [4.69, 9.17) is 14.2 Å². The second-order valence-corrected chi connectivity index (χ2v) is 6.00. The van der Waals surface area contributed by atoms with E-state index in [9.17, 15) is 4.79 Å². The number of benzene rings is 1. The number of carbonyl (C=O) groups is 1. The highest BCUT2D eigenvalue weighted by atomic mass is 16.6. The van der Waals surface area contributed by atoms with Crippen LogP contribution in [-0.4, -0.2) is 41.6 Å². The molecule has 2 aliphatic heterocycles. The van der Waals surface area contributed by atoms with E-state index in [-0.39, 0.29) is 17.9 Å². The molecule has 0 aliphatic carbocycles. The zero-order valence-electron chi connectivity index (χ0n) is 13.2. The third-order valence-electron chi connectivity index (χ3n) is 4.16. The Bertz CT molecular complexity index is 724. The largest absolute Gasteiger partial charge is 0.486 e. The van der Waals surface area contributed by atoms with Crippen LogP contribution >= 0.6 is 0 Å². The van der Waals surface area contributed by atoms with Gasteiger partial charge in [-0.05, 0) is 18.6 Å². The zero-order valence-corrected chi connectivity index (χ0v) is 13.2. The van der Waals surface area contributed by atoms with Gasteiger partial charge in [0.1, 0.15) is 6.61 Å². The number of ether oxygens (including phenoxy) is 3. The average molecular weight is 329 g/mol. The van der Waals surface area contributed by atoms with E-state index in [0.717, 1.165) is 17.9 Å². The van der Waals surface area contributed by atoms with Gasteiger partial charge in [0, 0.05) is 12.8 Å². The van der Waals surface area contributed by atoms with Crippen LogP contribution in [0.5, 0.6) is 11.5 Å². The van der Waals surface area contributed by atoms with Gasteiger partial charge in [-0.1, -0.05) is 12.1 Å². The molecule has 2 atom stereocenters.